The number of allylic oxidation sites excluding steroid dienone is 1. The maximum Gasteiger partial charge on any atom is 0.332 e. The fourth-order valence-corrected chi connectivity index (χ4v) is 3.44. The molecule has 9 heteroatoms. The number of benzene rings is 1. The fourth-order valence-electron chi connectivity index (χ4n) is 2.38. The van der Waals surface area contributed by atoms with Gasteiger partial charge in [-0.3, -0.25) is 4.79 Å². The number of amides is 1. The van der Waals surface area contributed by atoms with Crippen LogP contribution in [0.1, 0.15) is 45.6 Å². The summed E-state index contributed by atoms with van der Waals surface area (Å²) in [5.74, 6) is -2.89. The number of aliphatic hydroxyl groups is 1. The summed E-state index contributed by atoms with van der Waals surface area (Å²) in [5.41, 5.74) is 0.239. The molecule has 28 heavy (non-hydrogen) atoms. The van der Waals surface area contributed by atoms with E-state index in [4.69, 9.17) is 10.2 Å². The number of anilines is 1. The van der Waals surface area contributed by atoms with Crippen LogP contribution in [0.2, 0.25) is 0 Å². The van der Waals surface area contributed by atoms with Gasteiger partial charge in [-0.15, -0.1) is 0 Å². The standard InChI is InChI=1S/C16H18F2N2O3S.C2H6.CH4O/c1-9(21)19-8-10-6-12(17)15(13(18)7-10)20-24-14-5-3-2-4-11(14)16(22)23;2*1-2/h4,6-7,14,20H,2-3,5,8H2,1H3,(H,19,21)(H,22,23);1-2H3;2H,1H3. The van der Waals surface area contributed by atoms with Crippen molar-refractivity contribution >= 4 is 29.5 Å². The van der Waals surface area contributed by atoms with Gasteiger partial charge in [-0.25, -0.2) is 13.6 Å². The lowest BCUT2D eigenvalue weighted by atomic mass is 9.99. The summed E-state index contributed by atoms with van der Waals surface area (Å²) in [6, 6.07) is 2.27. The smallest absolute Gasteiger partial charge is 0.332 e. The van der Waals surface area contributed by atoms with Crippen LogP contribution in [-0.2, 0) is 16.1 Å². The van der Waals surface area contributed by atoms with E-state index in [-0.39, 0.29) is 29.0 Å². The Morgan fingerprint density at radius 2 is 1.79 bits per heavy atom. The molecule has 4 N–H and O–H groups in total. The van der Waals surface area contributed by atoms with Gasteiger partial charge in [0.2, 0.25) is 5.91 Å². The van der Waals surface area contributed by atoms with Crippen LogP contribution in [0.15, 0.2) is 23.8 Å². The van der Waals surface area contributed by atoms with E-state index in [2.05, 4.69) is 10.0 Å². The average Bonchev–Trinajstić information content (AvgIpc) is 2.69. The van der Waals surface area contributed by atoms with E-state index in [1.165, 1.54) is 6.92 Å². The van der Waals surface area contributed by atoms with Crippen molar-refractivity contribution in [3.63, 3.8) is 0 Å². The quantitative estimate of drug-likeness (QED) is 0.524. The van der Waals surface area contributed by atoms with E-state index in [1.807, 2.05) is 13.8 Å². The Hall–Kier alpha value is -2.13. The highest BCUT2D eigenvalue weighted by atomic mass is 32.2. The second-order valence-corrected chi connectivity index (χ2v) is 6.46. The Kier molecular flexibility index (Phi) is 12.9. The number of hydrogen-bond acceptors (Lipinski definition) is 5. The Labute approximate surface area is 168 Å². The lowest BCUT2D eigenvalue weighted by Crippen LogP contribution is -2.20. The summed E-state index contributed by atoms with van der Waals surface area (Å²) in [7, 11) is 1.00. The van der Waals surface area contributed by atoms with E-state index >= 15 is 0 Å². The molecule has 1 aromatic carbocycles. The van der Waals surface area contributed by atoms with E-state index < -0.39 is 17.6 Å². The molecular weight excluding hydrogens is 390 g/mol. The summed E-state index contributed by atoms with van der Waals surface area (Å²) in [4.78, 5) is 22.0. The monoisotopic (exact) mass is 418 g/mol. The SMILES string of the molecule is CC.CC(=O)NCc1cc(F)c(NSC2CCCC=C2C(=O)O)c(F)c1.CO. The molecule has 0 fully saturated rings. The predicted molar refractivity (Wildman–Crippen MR) is 108 cm³/mol. The van der Waals surface area contributed by atoms with E-state index in [0.717, 1.165) is 37.6 Å². The third kappa shape index (κ3) is 8.26. The van der Waals surface area contributed by atoms with Crippen LogP contribution in [0.4, 0.5) is 14.5 Å². The molecule has 1 aliphatic rings. The highest BCUT2D eigenvalue weighted by Gasteiger charge is 2.24. The second kappa shape index (κ2) is 14.0. The van der Waals surface area contributed by atoms with Crippen LogP contribution in [0.3, 0.4) is 0 Å². The van der Waals surface area contributed by atoms with Gasteiger partial charge in [-0.2, -0.15) is 0 Å². The molecule has 2 rings (SSSR count). The molecule has 6 nitrogen and oxygen atoms in total. The molecule has 0 saturated heterocycles. The molecule has 0 saturated carbocycles. The van der Waals surface area contributed by atoms with Crippen LogP contribution in [0.5, 0.6) is 0 Å². The summed E-state index contributed by atoms with van der Waals surface area (Å²) in [6.07, 6.45) is 3.80. The molecule has 0 bridgehead atoms. The number of aliphatic hydroxyl groups excluding tert-OH is 1. The first-order chi connectivity index (χ1) is 13.4. The van der Waals surface area contributed by atoms with E-state index in [1.54, 1.807) is 6.08 Å². The highest BCUT2D eigenvalue weighted by molar-refractivity contribution is 8.01. The minimum absolute atomic E-state index is 0.0329. The van der Waals surface area contributed by atoms with E-state index in [9.17, 15) is 18.4 Å². The van der Waals surface area contributed by atoms with Crippen LogP contribution in [0, 0.1) is 11.6 Å². The number of carbonyl (C=O) groups excluding carboxylic acids is 1. The number of halogens is 2. The summed E-state index contributed by atoms with van der Waals surface area (Å²) >= 11 is 0.990. The lowest BCUT2D eigenvalue weighted by molar-refractivity contribution is -0.132. The van der Waals surface area contributed by atoms with Crippen molar-refractivity contribution in [2.75, 3.05) is 11.8 Å². The largest absolute Gasteiger partial charge is 0.478 e. The van der Waals surface area contributed by atoms with Gasteiger partial charge in [0.05, 0.1) is 5.25 Å². The second-order valence-electron chi connectivity index (χ2n) is 5.45. The van der Waals surface area contributed by atoms with Crippen molar-refractivity contribution in [1.82, 2.24) is 5.32 Å². The number of carboxylic acid groups (broad SMARTS) is 1. The number of nitrogens with one attached hydrogen (secondary N) is 2. The van der Waals surface area contributed by atoms with E-state index in [0.29, 0.717) is 18.4 Å². The maximum atomic E-state index is 14.1. The minimum Gasteiger partial charge on any atom is -0.478 e. The molecule has 1 amide bonds. The molecule has 0 radical (unpaired) electrons. The number of aliphatic carboxylic acids is 1. The number of rotatable bonds is 6. The topological polar surface area (TPSA) is 98.7 Å². The Bertz CT molecular complexity index is 661. The zero-order valence-electron chi connectivity index (χ0n) is 16.5. The first kappa shape index (κ1) is 25.9. The van der Waals surface area contributed by atoms with Crippen molar-refractivity contribution in [3.8, 4) is 0 Å². The molecule has 0 spiro atoms. The fraction of sp³-hybridized carbons (Fsp3) is 0.474. The van der Waals surface area contributed by atoms with Crippen molar-refractivity contribution in [3.05, 3.63) is 41.0 Å². The van der Waals surface area contributed by atoms with Crippen molar-refractivity contribution in [2.45, 2.75) is 51.8 Å². The molecule has 0 aromatic heterocycles. The maximum absolute atomic E-state index is 14.1. The van der Waals surface area contributed by atoms with Crippen LogP contribution >= 0.6 is 11.9 Å². The number of hydrogen-bond donors (Lipinski definition) is 4. The third-order valence-corrected chi connectivity index (χ3v) is 4.67. The molecule has 1 aliphatic carbocycles. The molecule has 158 valence electrons. The van der Waals surface area contributed by atoms with Crippen molar-refractivity contribution in [1.29, 1.82) is 0 Å². The van der Waals surface area contributed by atoms with Crippen LogP contribution in [-0.4, -0.2) is 34.4 Å². The first-order valence-electron chi connectivity index (χ1n) is 8.90. The highest BCUT2D eigenvalue weighted by Crippen LogP contribution is 2.32. The summed E-state index contributed by atoms with van der Waals surface area (Å²) in [6.45, 7) is 5.35. The normalized spacial score (nSPS) is 15.1. The third-order valence-electron chi connectivity index (χ3n) is 3.58. The Balaban J connectivity index is 0.00000171. The molecule has 1 unspecified atom stereocenters. The Morgan fingerprint density at radius 1 is 1.21 bits per heavy atom. The van der Waals surface area contributed by atoms with Gasteiger partial charge in [0.15, 0.2) is 11.6 Å². The minimum atomic E-state index is -1.01. The van der Waals surface area contributed by atoms with Crippen LogP contribution < -0.4 is 10.0 Å². The van der Waals surface area contributed by atoms with Crippen molar-refractivity contribution in [2.24, 2.45) is 0 Å². The Morgan fingerprint density at radius 3 is 2.29 bits per heavy atom. The van der Waals surface area contributed by atoms with Gasteiger partial charge in [-0.05, 0) is 48.9 Å². The van der Waals surface area contributed by atoms with Gasteiger partial charge >= 0.3 is 5.97 Å². The predicted octanol–water partition coefficient (Wildman–Crippen LogP) is 3.86. The molecule has 0 heterocycles. The van der Waals surface area contributed by atoms with Crippen LogP contribution in [0.25, 0.3) is 0 Å². The molecule has 1 atom stereocenters. The zero-order chi connectivity index (χ0) is 21.7. The molecule has 0 aliphatic heterocycles. The molecule has 1 aromatic rings. The lowest BCUT2D eigenvalue weighted by Gasteiger charge is -2.21. The van der Waals surface area contributed by atoms with Crippen molar-refractivity contribution < 1.29 is 28.6 Å². The van der Waals surface area contributed by atoms with Gasteiger partial charge < -0.3 is 20.3 Å². The molecular formula is C19H28F2N2O4S. The van der Waals surface area contributed by atoms with Gasteiger partial charge in [0.1, 0.15) is 5.69 Å². The van der Waals surface area contributed by atoms with Gasteiger partial charge in [-0.1, -0.05) is 19.9 Å². The summed E-state index contributed by atoms with van der Waals surface area (Å²) < 4.78 is 30.8. The first-order valence-corrected chi connectivity index (χ1v) is 9.78. The number of carbonyl (C=O) groups is 2. The van der Waals surface area contributed by atoms with Gasteiger partial charge in [0, 0.05) is 26.2 Å². The van der Waals surface area contributed by atoms with Gasteiger partial charge in [0.25, 0.3) is 0 Å². The average molecular weight is 419 g/mol. The number of carboxylic acids is 1. The zero-order valence-corrected chi connectivity index (χ0v) is 17.3. The summed E-state index contributed by atoms with van der Waals surface area (Å²) in [5, 5.41) is 18.3.